The van der Waals surface area contributed by atoms with E-state index in [1.165, 1.54) is 40.8 Å². The lowest BCUT2D eigenvalue weighted by Crippen LogP contribution is -2.41. The van der Waals surface area contributed by atoms with Crippen molar-refractivity contribution in [1.82, 2.24) is 33.1 Å². The van der Waals surface area contributed by atoms with E-state index in [1.807, 2.05) is 0 Å². The van der Waals surface area contributed by atoms with E-state index >= 15 is 0 Å². The van der Waals surface area contributed by atoms with E-state index in [4.69, 9.17) is 0 Å². The van der Waals surface area contributed by atoms with Crippen LogP contribution in [0.2, 0.25) is 0 Å². The number of carbonyl (C=O) groups excluding carboxylic acids is 3. The summed E-state index contributed by atoms with van der Waals surface area (Å²) in [5.41, 5.74) is -0.160. The minimum absolute atomic E-state index is 0.0159. The molecule has 0 unspecified atom stereocenters. The maximum absolute atomic E-state index is 12.6. The molecule has 0 atom stereocenters. The molecule has 3 aromatic heterocycles. The standard InChI is InChI=1S/C24H30N8O5/c1-15-27(2)20-18(22(35)28(15)3)31(13-25-20)11-16(33)9-7-6-8-10-17(34)12-32-14-26-21-19(32)23(36)30(5)24(37)29(21)4/h13-14H,1,6-12H2,2-5H3. The van der Waals surface area contributed by atoms with E-state index in [9.17, 15) is 24.0 Å². The number of nitrogens with zero attached hydrogens (tertiary/aromatic N) is 8. The fourth-order valence-electron chi connectivity index (χ4n) is 4.45. The van der Waals surface area contributed by atoms with Crippen LogP contribution in [-0.4, -0.2) is 64.7 Å². The molecule has 1 aliphatic rings. The molecule has 13 heteroatoms. The molecular formula is C24H30N8O5. The van der Waals surface area contributed by atoms with E-state index in [0.29, 0.717) is 49.4 Å². The van der Waals surface area contributed by atoms with Crippen LogP contribution < -0.4 is 16.1 Å². The van der Waals surface area contributed by atoms with Crippen LogP contribution in [0.4, 0.5) is 5.82 Å². The molecule has 0 spiro atoms. The predicted molar refractivity (Wildman–Crippen MR) is 135 cm³/mol. The first-order valence-electron chi connectivity index (χ1n) is 11.9. The highest BCUT2D eigenvalue weighted by atomic mass is 16.2. The number of fused-ring (bicyclic) bond motifs is 2. The van der Waals surface area contributed by atoms with E-state index in [0.717, 1.165) is 4.57 Å². The van der Waals surface area contributed by atoms with Gasteiger partial charge < -0.3 is 14.0 Å². The first-order valence-corrected chi connectivity index (χ1v) is 11.9. The third-order valence-corrected chi connectivity index (χ3v) is 6.74. The number of imidazole rings is 2. The van der Waals surface area contributed by atoms with Gasteiger partial charge >= 0.3 is 5.69 Å². The van der Waals surface area contributed by atoms with Crippen LogP contribution >= 0.6 is 0 Å². The second-order valence-corrected chi connectivity index (χ2v) is 9.27. The van der Waals surface area contributed by atoms with Gasteiger partial charge in [-0.2, -0.15) is 0 Å². The average Bonchev–Trinajstić information content (AvgIpc) is 3.48. The number of ketones is 2. The van der Waals surface area contributed by atoms with Crippen LogP contribution in [-0.2, 0) is 36.8 Å². The van der Waals surface area contributed by atoms with Gasteiger partial charge in [0.2, 0.25) is 0 Å². The molecule has 0 radical (unpaired) electrons. The molecule has 0 saturated carbocycles. The van der Waals surface area contributed by atoms with E-state index in [1.54, 1.807) is 23.6 Å². The first kappa shape index (κ1) is 25.8. The number of carbonyl (C=O) groups is 3. The van der Waals surface area contributed by atoms with Crippen LogP contribution in [0.5, 0.6) is 0 Å². The fourth-order valence-corrected chi connectivity index (χ4v) is 4.45. The van der Waals surface area contributed by atoms with Gasteiger partial charge in [0, 0.05) is 41.0 Å². The molecule has 37 heavy (non-hydrogen) atoms. The molecule has 196 valence electrons. The lowest BCUT2D eigenvalue weighted by atomic mass is 10.1. The van der Waals surface area contributed by atoms with Gasteiger partial charge in [-0.25, -0.2) is 14.8 Å². The quantitative estimate of drug-likeness (QED) is 0.358. The van der Waals surface area contributed by atoms with Crippen LogP contribution in [0.3, 0.4) is 0 Å². The Labute approximate surface area is 212 Å². The normalized spacial score (nSPS) is 13.5. The Hall–Kier alpha value is -4.29. The summed E-state index contributed by atoms with van der Waals surface area (Å²) >= 11 is 0. The molecule has 0 fully saturated rings. The van der Waals surface area contributed by atoms with Crippen LogP contribution in [0.1, 0.15) is 42.6 Å². The second-order valence-electron chi connectivity index (χ2n) is 9.27. The van der Waals surface area contributed by atoms with Crippen molar-refractivity contribution >= 4 is 34.5 Å². The van der Waals surface area contributed by atoms with Crippen molar-refractivity contribution < 1.29 is 14.4 Å². The Kier molecular flexibility index (Phi) is 6.96. The molecule has 13 nitrogen and oxygen atoms in total. The Balaban J connectivity index is 1.26. The number of anilines is 1. The van der Waals surface area contributed by atoms with Crippen LogP contribution in [0.25, 0.3) is 11.2 Å². The molecule has 0 N–H and O–H groups in total. The number of aryl methyl sites for hydroxylation is 1. The maximum atomic E-state index is 12.6. The van der Waals surface area contributed by atoms with Crippen molar-refractivity contribution in [1.29, 1.82) is 0 Å². The summed E-state index contributed by atoms with van der Waals surface area (Å²) in [6, 6.07) is 0. The minimum Gasteiger partial charge on any atom is -0.317 e. The molecule has 0 bridgehead atoms. The zero-order valence-electron chi connectivity index (χ0n) is 21.4. The van der Waals surface area contributed by atoms with Gasteiger partial charge in [0.05, 0.1) is 25.7 Å². The van der Waals surface area contributed by atoms with Gasteiger partial charge in [0.15, 0.2) is 34.2 Å². The molecule has 1 aliphatic heterocycles. The first-order chi connectivity index (χ1) is 17.5. The van der Waals surface area contributed by atoms with Gasteiger partial charge in [0.25, 0.3) is 11.5 Å². The van der Waals surface area contributed by atoms with Crippen molar-refractivity contribution in [2.24, 2.45) is 14.1 Å². The highest BCUT2D eigenvalue weighted by Crippen LogP contribution is 2.28. The number of aromatic nitrogens is 6. The number of hydrogen-bond donors (Lipinski definition) is 0. The Morgan fingerprint density at radius 3 is 2.05 bits per heavy atom. The number of unbranched alkanes of at least 4 members (excludes halogenated alkanes) is 2. The summed E-state index contributed by atoms with van der Waals surface area (Å²) in [5.74, 6) is 0.635. The third-order valence-electron chi connectivity index (χ3n) is 6.74. The lowest BCUT2D eigenvalue weighted by Gasteiger charge is -2.32. The zero-order chi connectivity index (χ0) is 27.0. The summed E-state index contributed by atoms with van der Waals surface area (Å²) in [7, 11) is 6.30. The van der Waals surface area contributed by atoms with Gasteiger partial charge in [0.1, 0.15) is 5.82 Å². The van der Waals surface area contributed by atoms with Gasteiger partial charge in [-0.15, -0.1) is 0 Å². The summed E-state index contributed by atoms with van der Waals surface area (Å²) in [6.07, 6.45) is 5.41. The summed E-state index contributed by atoms with van der Waals surface area (Å²) in [5, 5.41) is 0. The molecule has 3 aromatic rings. The van der Waals surface area contributed by atoms with Crippen LogP contribution in [0.15, 0.2) is 34.6 Å². The number of amides is 1. The van der Waals surface area contributed by atoms with E-state index < -0.39 is 11.2 Å². The summed E-state index contributed by atoms with van der Waals surface area (Å²) in [6.45, 7) is 3.91. The van der Waals surface area contributed by atoms with Crippen molar-refractivity contribution in [3.05, 3.63) is 51.6 Å². The van der Waals surface area contributed by atoms with Gasteiger partial charge in [-0.05, 0) is 12.8 Å². The zero-order valence-corrected chi connectivity index (χ0v) is 21.4. The second kappa shape index (κ2) is 9.99. The van der Waals surface area contributed by atoms with Crippen molar-refractivity contribution in [3.8, 4) is 0 Å². The van der Waals surface area contributed by atoms with Crippen molar-refractivity contribution in [2.45, 2.75) is 45.2 Å². The number of Topliss-reactive ketones (excluding diaryl/α,β-unsaturated/α-hetero) is 2. The molecule has 0 saturated heterocycles. The Bertz CT molecular complexity index is 1540. The monoisotopic (exact) mass is 510 g/mol. The fraction of sp³-hybridized carbons (Fsp3) is 0.458. The smallest absolute Gasteiger partial charge is 0.317 e. The Morgan fingerprint density at radius 2 is 1.41 bits per heavy atom. The number of rotatable bonds is 10. The SMILES string of the molecule is C=C1N(C)C(=O)c2c(ncn2CC(=O)CCCCCC(=O)Cn2cnc3c2c(=O)n(C)c(=O)n3C)N1C. The highest BCUT2D eigenvalue weighted by Gasteiger charge is 2.33. The van der Waals surface area contributed by atoms with Gasteiger partial charge in [-0.3, -0.25) is 33.2 Å². The molecule has 1 amide bonds. The molecular weight excluding hydrogens is 480 g/mol. The molecule has 4 rings (SSSR count). The Morgan fingerprint density at radius 1 is 0.811 bits per heavy atom. The summed E-state index contributed by atoms with van der Waals surface area (Å²) < 4.78 is 5.31. The highest BCUT2D eigenvalue weighted by molar-refractivity contribution is 6.01. The van der Waals surface area contributed by atoms with Crippen molar-refractivity contribution in [3.63, 3.8) is 0 Å². The van der Waals surface area contributed by atoms with Crippen molar-refractivity contribution in [2.75, 3.05) is 19.0 Å². The maximum Gasteiger partial charge on any atom is 0.332 e. The average molecular weight is 511 g/mol. The minimum atomic E-state index is -0.494. The third kappa shape index (κ3) is 4.63. The van der Waals surface area contributed by atoms with E-state index in [2.05, 4.69) is 16.5 Å². The summed E-state index contributed by atoms with van der Waals surface area (Å²) in [4.78, 5) is 73.8. The molecule has 0 aliphatic carbocycles. The largest absolute Gasteiger partial charge is 0.332 e. The van der Waals surface area contributed by atoms with Gasteiger partial charge in [-0.1, -0.05) is 13.0 Å². The molecule has 0 aromatic carbocycles. The molecule has 4 heterocycles. The lowest BCUT2D eigenvalue weighted by molar-refractivity contribution is -0.120. The van der Waals surface area contributed by atoms with E-state index in [-0.39, 0.29) is 41.7 Å². The van der Waals surface area contributed by atoms with Crippen LogP contribution in [0, 0.1) is 0 Å². The predicted octanol–water partition coefficient (Wildman–Crippen LogP) is 0.412. The number of hydrogen-bond acceptors (Lipinski definition) is 8. The topological polar surface area (TPSA) is 137 Å².